The number of hydrogen-bond donors (Lipinski definition) is 0. The lowest BCUT2D eigenvalue weighted by Crippen LogP contribution is -2.51. The maximum absolute atomic E-state index is 12.4. The molecule has 1 saturated heterocycles. The van der Waals surface area contributed by atoms with Crippen molar-refractivity contribution in [2.75, 3.05) is 6.54 Å². The molecule has 0 unspecified atom stereocenters. The fourth-order valence-electron chi connectivity index (χ4n) is 2.92. The molecule has 0 aromatic carbocycles. The van der Waals surface area contributed by atoms with Gasteiger partial charge < -0.3 is 4.90 Å². The Morgan fingerprint density at radius 2 is 2.40 bits per heavy atom. The summed E-state index contributed by atoms with van der Waals surface area (Å²) in [5, 5.41) is 11.4. The number of nitriles is 1. The number of rotatable bonds is 4. The van der Waals surface area contributed by atoms with Gasteiger partial charge in [-0.1, -0.05) is 19.9 Å². The van der Waals surface area contributed by atoms with Gasteiger partial charge >= 0.3 is 0 Å². The Labute approximate surface area is 125 Å². The number of carbonyl (C=O) groups is 1. The van der Waals surface area contributed by atoms with Crippen LogP contribution in [0, 0.1) is 16.7 Å². The number of hydrogen-bond acceptors (Lipinski definition) is 3. The fourth-order valence-corrected chi connectivity index (χ4v) is 3.67. The van der Waals surface area contributed by atoms with E-state index in [0.717, 1.165) is 32.2 Å². The highest BCUT2D eigenvalue weighted by molar-refractivity contribution is 7.09. The van der Waals surface area contributed by atoms with Gasteiger partial charge in [0.15, 0.2) is 0 Å². The first-order valence-corrected chi connectivity index (χ1v) is 8.14. The molecule has 1 aromatic rings. The van der Waals surface area contributed by atoms with E-state index >= 15 is 0 Å². The highest BCUT2D eigenvalue weighted by Gasteiger charge is 2.39. The molecular weight excluding hydrogens is 268 g/mol. The molecule has 1 atom stereocenters. The van der Waals surface area contributed by atoms with Gasteiger partial charge in [-0.25, -0.2) is 0 Å². The number of likely N-dealkylation sites (tertiary alicyclic amines) is 1. The summed E-state index contributed by atoms with van der Waals surface area (Å²) in [4.78, 5) is 15.5. The summed E-state index contributed by atoms with van der Waals surface area (Å²) in [5.74, 6) is 0.140. The lowest BCUT2D eigenvalue weighted by atomic mass is 9.77. The van der Waals surface area contributed by atoms with Crippen molar-refractivity contribution >= 4 is 17.2 Å². The first-order valence-electron chi connectivity index (χ1n) is 7.26. The molecule has 20 heavy (non-hydrogen) atoms. The van der Waals surface area contributed by atoms with Crippen LogP contribution in [0.25, 0.3) is 0 Å². The van der Waals surface area contributed by atoms with Crippen LogP contribution < -0.4 is 0 Å². The van der Waals surface area contributed by atoms with Crippen LogP contribution in [0.1, 0.15) is 44.4 Å². The molecule has 0 bridgehead atoms. The smallest absolute Gasteiger partial charge is 0.223 e. The standard InChI is InChI=1S/C16H22N2OS/c1-16(2)9-5-10-18(14(16)12-17)15(19)8-3-6-13-7-4-11-20-13/h4,7,11,14H,3,5-6,8-10H2,1-2H3/t14-/m1/s1. The van der Waals surface area contributed by atoms with Crippen molar-refractivity contribution in [3.05, 3.63) is 22.4 Å². The van der Waals surface area contributed by atoms with E-state index in [1.165, 1.54) is 4.88 Å². The van der Waals surface area contributed by atoms with Gasteiger partial charge in [-0.05, 0) is 42.5 Å². The predicted molar refractivity (Wildman–Crippen MR) is 81.4 cm³/mol. The number of nitrogens with zero attached hydrogens (tertiary/aromatic N) is 2. The Morgan fingerprint density at radius 1 is 1.60 bits per heavy atom. The van der Waals surface area contributed by atoms with Crippen LogP contribution in [0.3, 0.4) is 0 Å². The van der Waals surface area contributed by atoms with Crippen LogP contribution in [0.2, 0.25) is 0 Å². The summed E-state index contributed by atoms with van der Waals surface area (Å²) in [6.45, 7) is 4.91. The van der Waals surface area contributed by atoms with Crippen LogP contribution in [0.5, 0.6) is 0 Å². The van der Waals surface area contributed by atoms with E-state index in [-0.39, 0.29) is 17.4 Å². The van der Waals surface area contributed by atoms with E-state index in [4.69, 9.17) is 0 Å². The zero-order valence-electron chi connectivity index (χ0n) is 12.3. The molecule has 1 amide bonds. The second kappa shape index (κ2) is 6.41. The molecule has 3 nitrogen and oxygen atoms in total. The molecule has 0 aliphatic carbocycles. The monoisotopic (exact) mass is 290 g/mol. The van der Waals surface area contributed by atoms with Gasteiger partial charge in [-0.3, -0.25) is 4.79 Å². The number of carbonyl (C=O) groups excluding carboxylic acids is 1. The molecule has 1 aliphatic rings. The van der Waals surface area contributed by atoms with Crippen molar-refractivity contribution in [1.29, 1.82) is 5.26 Å². The van der Waals surface area contributed by atoms with E-state index < -0.39 is 0 Å². The Kier molecular flexibility index (Phi) is 4.82. The molecule has 2 heterocycles. The van der Waals surface area contributed by atoms with Crippen LogP contribution in [0.4, 0.5) is 0 Å². The zero-order chi connectivity index (χ0) is 14.6. The van der Waals surface area contributed by atoms with Gasteiger partial charge in [0.2, 0.25) is 5.91 Å². The Bertz CT molecular complexity index is 487. The summed E-state index contributed by atoms with van der Waals surface area (Å²) in [6, 6.07) is 6.21. The third kappa shape index (κ3) is 3.40. The van der Waals surface area contributed by atoms with Gasteiger partial charge in [-0.15, -0.1) is 11.3 Å². The number of piperidine rings is 1. The average Bonchev–Trinajstić information content (AvgIpc) is 2.90. The minimum atomic E-state index is -0.273. The Balaban J connectivity index is 1.89. The minimum absolute atomic E-state index is 0.0869. The van der Waals surface area contributed by atoms with Crippen molar-refractivity contribution in [1.82, 2.24) is 4.90 Å². The molecule has 2 rings (SSSR count). The largest absolute Gasteiger partial charge is 0.326 e. The van der Waals surface area contributed by atoms with E-state index in [2.05, 4.69) is 31.4 Å². The zero-order valence-corrected chi connectivity index (χ0v) is 13.1. The summed E-state index contributed by atoms with van der Waals surface area (Å²) >= 11 is 1.74. The molecular formula is C16H22N2OS. The summed E-state index contributed by atoms with van der Waals surface area (Å²) < 4.78 is 0. The van der Waals surface area contributed by atoms with Crippen LogP contribution in [-0.2, 0) is 11.2 Å². The summed E-state index contributed by atoms with van der Waals surface area (Å²) in [7, 11) is 0. The van der Waals surface area contributed by atoms with Crippen molar-refractivity contribution in [2.45, 2.75) is 52.0 Å². The van der Waals surface area contributed by atoms with Crippen LogP contribution in [-0.4, -0.2) is 23.4 Å². The molecule has 1 aliphatic heterocycles. The van der Waals surface area contributed by atoms with Crippen molar-refractivity contribution in [2.24, 2.45) is 5.41 Å². The van der Waals surface area contributed by atoms with E-state index in [9.17, 15) is 10.1 Å². The van der Waals surface area contributed by atoms with Gasteiger partial charge in [0, 0.05) is 17.8 Å². The fraction of sp³-hybridized carbons (Fsp3) is 0.625. The molecule has 0 saturated carbocycles. The highest BCUT2D eigenvalue weighted by atomic mass is 32.1. The molecule has 4 heteroatoms. The van der Waals surface area contributed by atoms with Crippen molar-refractivity contribution < 1.29 is 4.79 Å². The van der Waals surface area contributed by atoms with Gasteiger partial charge in [0.1, 0.15) is 6.04 Å². The Hall–Kier alpha value is -1.34. The predicted octanol–water partition coefficient (Wildman–Crippen LogP) is 3.61. The van der Waals surface area contributed by atoms with Gasteiger partial charge in [0.25, 0.3) is 0 Å². The van der Waals surface area contributed by atoms with E-state index in [1.54, 1.807) is 16.2 Å². The van der Waals surface area contributed by atoms with E-state index in [1.807, 2.05) is 6.07 Å². The topological polar surface area (TPSA) is 44.1 Å². The number of thiophene rings is 1. The maximum Gasteiger partial charge on any atom is 0.223 e. The quantitative estimate of drug-likeness (QED) is 0.850. The first-order chi connectivity index (χ1) is 9.54. The molecule has 1 fully saturated rings. The SMILES string of the molecule is CC1(C)CCCN(C(=O)CCCc2cccs2)[C@@H]1C#N. The lowest BCUT2D eigenvalue weighted by molar-refractivity contribution is -0.136. The molecule has 108 valence electrons. The minimum Gasteiger partial charge on any atom is -0.326 e. The lowest BCUT2D eigenvalue weighted by Gasteiger charge is -2.42. The molecule has 0 N–H and O–H groups in total. The average molecular weight is 290 g/mol. The van der Waals surface area contributed by atoms with Gasteiger partial charge in [0.05, 0.1) is 6.07 Å². The van der Waals surface area contributed by atoms with Crippen LogP contribution in [0.15, 0.2) is 17.5 Å². The second-order valence-corrected chi connectivity index (χ2v) is 7.18. The van der Waals surface area contributed by atoms with Crippen molar-refractivity contribution in [3.8, 4) is 6.07 Å². The normalized spacial score (nSPS) is 21.4. The first kappa shape index (κ1) is 15.1. The van der Waals surface area contributed by atoms with Crippen LogP contribution >= 0.6 is 11.3 Å². The third-order valence-electron chi connectivity index (χ3n) is 4.11. The molecule has 0 spiro atoms. The summed E-state index contributed by atoms with van der Waals surface area (Å²) in [6.07, 6.45) is 4.39. The highest BCUT2D eigenvalue weighted by Crippen LogP contribution is 2.35. The number of amides is 1. The Morgan fingerprint density at radius 3 is 3.05 bits per heavy atom. The molecule has 0 radical (unpaired) electrons. The number of aryl methyl sites for hydroxylation is 1. The maximum atomic E-state index is 12.4. The second-order valence-electron chi connectivity index (χ2n) is 6.14. The third-order valence-corrected chi connectivity index (χ3v) is 5.04. The van der Waals surface area contributed by atoms with E-state index in [0.29, 0.717) is 6.42 Å². The van der Waals surface area contributed by atoms with Gasteiger partial charge in [-0.2, -0.15) is 5.26 Å². The summed E-state index contributed by atoms with van der Waals surface area (Å²) in [5.41, 5.74) is -0.0869. The van der Waals surface area contributed by atoms with Crippen molar-refractivity contribution in [3.63, 3.8) is 0 Å². The molecule has 1 aromatic heterocycles.